The quantitative estimate of drug-likeness (QED) is 0.628. The van der Waals surface area contributed by atoms with Crippen molar-refractivity contribution in [2.24, 2.45) is 0 Å². The summed E-state index contributed by atoms with van der Waals surface area (Å²) in [5, 5.41) is 0. The maximum Gasteiger partial charge on any atom is 0.246 e. The minimum absolute atomic E-state index is 0.0130. The van der Waals surface area contributed by atoms with Crippen LogP contribution >= 0.6 is 0 Å². The van der Waals surface area contributed by atoms with E-state index >= 15 is 0 Å². The molecule has 0 fully saturated rings. The summed E-state index contributed by atoms with van der Waals surface area (Å²) in [6.45, 7) is 3.32. The fourth-order valence-electron chi connectivity index (χ4n) is 2.37. The first-order chi connectivity index (χ1) is 11.6. The number of nitrogens with two attached hydrogens (primary N) is 1. The molecule has 5 nitrogen and oxygen atoms in total. The fourth-order valence-corrected chi connectivity index (χ4v) is 2.37. The highest BCUT2D eigenvalue weighted by molar-refractivity contribution is 5.92. The first-order valence-electron chi connectivity index (χ1n) is 7.93. The first kappa shape index (κ1) is 17.5. The molecule has 2 aromatic rings. The van der Waals surface area contributed by atoms with E-state index in [1.807, 2.05) is 30.0 Å². The summed E-state index contributed by atoms with van der Waals surface area (Å²) in [6.07, 6.45) is 7.69. The van der Waals surface area contributed by atoms with Crippen LogP contribution in [0.5, 0.6) is 5.75 Å². The Bertz CT molecular complexity index is 699. The van der Waals surface area contributed by atoms with Crippen LogP contribution in [0.1, 0.15) is 18.1 Å². The zero-order valence-electron chi connectivity index (χ0n) is 14.1. The number of carbonyl (C=O) groups excluding carboxylic acids is 1. The summed E-state index contributed by atoms with van der Waals surface area (Å²) in [7, 11) is 1.58. The van der Waals surface area contributed by atoms with Gasteiger partial charge in [-0.15, -0.1) is 0 Å². The lowest BCUT2D eigenvalue weighted by atomic mass is 10.1. The summed E-state index contributed by atoms with van der Waals surface area (Å²) in [5.74, 6) is 0.618. The van der Waals surface area contributed by atoms with Gasteiger partial charge in [-0.05, 0) is 54.8 Å². The lowest BCUT2D eigenvalue weighted by molar-refractivity contribution is -0.125. The molecule has 0 bridgehead atoms. The topological polar surface area (TPSA) is 68.5 Å². The predicted molar refractivity (Wildman–Crippen MR) is 96.6 cm³/mol. The number of rotatable bonds is 7. The molecular formula is C19H23N3O2. The molecule has 0 aliphatic heterocycles. The maximum absolute atomic E-state index is 12.3. The third-order valence-corrected chi connectivity index (χ3v) is 3.79. The number of anilines is 1. The zero-order chi connectivity index (χ0) is 17.4. The summed E-state index contributed by atoms with van der Waals surface area (Å²) in [4.78, 5) is 18.2. The van der Waals surface area contributed by atoms with Gasteiger partial charge < -0.3 is 15.4 Å². The Kier molecular flexibility index (Phi) is 6.37. The van der Waals surface area contributed by atoms with Gasteiger partial charge in [0.05, 0.1) is 12.8 Å². The molecule has 1 aromatic heterocycles. The molecule has 1 amide bonds. The average Bonchev–Trinajstić information content (AvgIpc) is 2.61. The van der Waals surface area contributed by atoms with E-state index in [9.17, 15) is 4.79 Å². The molecule has 5 heteroatoms. The first-order valence-corrected chi connectivity index (χ1v) is 7.93. The van der Waals surface area contributed by atoms with E-state index in [1.165, 1.54) is 5.56 Å². The number of likely N-dealkylation sites (N-methyl/N-ethyl adjacent to an activating group) is 1. The van der Waals surface area contributed by atoms with Gasteiger partial charge in [0.15, 0.2) is 0 Å². The molecule has 1 aromatic carbocycles. The minimum Gasteiger partial charge on any atom is -0.495 e. The number of carbonyl (C=O) groups is 1. The Morgan fingerprint density at radius 2 is 2.04 bits per heavy atom. The number of nitrogens with zero attached hydrogens (tertiary/aromatic N) is 2. The van der Waals surface area contributed by atoms with Gasteiger partial charge in [-0.2, -0.15) is 0 Å². The highest BCUT2D eigenvalue weighted by Crippen LogP contribution is 2.22. The van der Waals surface area contributed by atoms with Crippen molar-refractivity contribution in [3.8, 4) is 5.75 Å². The number of ether oxygens (including phenoxy) is 1. The van der Waals surface area contributed by atoms with Crippen molar-refractivity contribution in [3.63, 3.8) is 0 Å². The molecule has 1 heterocycles. The van der Waals surface area contributed by atoms with Crippen LogP contribution in [0.4, 0.5) is 5.69 Å². The number of hydrogen-bond acceptors (Lipinski definition) is 4. The van der Waals surface area contributed by atoms with E-state index in [-0.39, 0.29) is 5.91 Å². The number of aromatic nitrogens is 1. The van der Waals surface area contributed by atoms with Crippen molar-refractivity contribution in [1.29, 1.82) is 0 Å². The second-order valence-electron chi connectivity index (χ2n) is 5.36. The van der Waals surface area contributed by atoms with E-state index in [2.05, 4.69) is 4.98 Å². The van der Waals surface area contributed by atoms with Gasteiger partial charge >= 0.3 is 0 Å². The molecule has 0 aliphatic carbocycles. The second kappa shape index (κ2) is 8.72. The van der Waals surface area contributed by atoms with Crippen LogP contribution in [0.2, 0.25) is 0 Å². The molecule has 0 saturated heterocycles. The monoisotopic (exact) mass is 325 g/mol. The number of amides is 1. The Morgan fingerprint density at radius 1 is 1.29 bits per heavy atom. The van der Waals surface area contributed by atoms with E-state index < -0.39 is 0 Å². The van der Waals surface area contributed by atoms with Crippen LogP contribution in [0.25, 0.3) is 6.08 Å². The van der Waals surface area contributed by atoms with Gasteiger partial charge in [-0.25, -0.2) is 0 Å². The van der Waals surface area contributed by atoms with E-state index in [4.69, 9.17) is 10.5 Å². The highest BCUT2D eigenvalue weighted by atomic mass is 16.5. The van der Waals surface area contributed by atoms with Crippen molar-refractivity contribution < 1.29 is 9.53 Å². The van der Waals surface area contributed by atoms with Crippen LogP contribution in [-0.4, -0.2) is 36.0 Å². The van der Waals surface area contributed by atoms with E-state index in [0.717, 1.165) is 12.0 Å². The van der Waals surface area contributed by atoms with Crippen LogP contribution in [-0.2, 0) is 11.2 Å². The Morgan fingerprint density at radius 3 is 2.67 bits per heavy atom. The number of nitrogen functional groups attached to an aromatic ring is 1. The molecule has 24 heavy (non-hydrogen) atoms. The zero-order valence-corrected chi connectivity index (χ0v) is 14.1. The maximum atomic E-state index is 12.3. The summed E-state index contributed by atoms with van der Waals surface area (Å²) in [5.41, 5.74) is 8.47. The molecular weight excluding hydrogens is 302 g/mol. The fraction of sp³-hybridized carbons (Fsp3) is 0.263. The van der Waals surface area contributed by atoms with Crippen LogP contribution in [0, 0.1) is 0 Å². The Hall–Kier alpha value is -2.82. The smallest absolute Gasteiger partial charge is 0.246 e. The van der Waals surface area contributed by atoms with Gasteiger partial charge in [0.1, 0.15) is 5.75 Å². The predicted octanol–water partition coefficient (Wildman–Crippen LogP) is 2.78. The van der Waals surface area contributed by atoms with Crippen molar-refractivity contribution in [1.82, 2.24) is 9.88 Å². The van der Waals surface area contributed by atoms with Crippen molar-refractivity contribution >= 4 is 17.7 Å². The van der Waals surface area contributed by atoms with E-state index in [1.54, 1.807) is 43.8 Å². The lowest BCUT2D eigenvalue weighted by Crippen LogP contribution is -2.31. The van der Waals surface area contributed by atoms with Crippen molar-refractivity contribution in [2.45, 2.75) is 13.3 Å². The van der Waals surface area contributed by atoms with E-state index in [0.29, 0.717) is 24.5 Å². The molecule has 2 N–H and O–H groups in total. The Balaban J connectivity index is 1.96. The molecule has 126 valence electrons. The van der Waals surface area contributed by atoms with Gasteiger partial charge in [-0.3, -0.25) is 9.78 Å². The number of hydrogen-bond donors (Lipinski definition) is 1. The number of pyridine rings is 1. The molecule has 0 spiro atoms. The van der Waals surface area contributed by atoms with Gasteiger partial charge in [0, 0.05) is 31.6 Å². The molecule has 0 saturated carbocycles. The number of methoxy groups -OCH3 is 1. The van der Waals surface area contributed by atoms with Gasteiger partial charge in [0.25, 0.3) is 0 Å². The molecule has 2 rings (SSSR count). The van der Waals surface area contributed by atoms with Crippen LogP contribution in [0.15, 0.2) is 48.8 Å². The molecule has 0 unspecified atom stereocenters. The van der Waals surface area contributed by atoms with Crippen molar-refractivity contribution in [2.75, 3.05) is 25.9 Å². The summed E-state index contributed by atoms with van der Waals surface area (Å²) < 4.78 is 5.13. The Labute approximate surface area is 142 Å². The van der Waals surface area contributed by atoms with Crippen LogP contribution < -0.4 is 10.5 Å². The standard InChI is InChI=1S/C19H23N3O2/c1-3-22(13-10-15-8-11-21-12-9-15)19(23)7-5-16-4-6-18(24-2)17(20)14-16/h4-9,11-12,14H,3,10,13,20H2,1-2H3/b7-5-. The average molecular weight is 325 g/mol. The second-order valence-corrected chi connectivity index (χ2v) is 5.36. The summed E-state index contributed by atoms with van der Waals surface area (Å²) in [6, 6.07) is 9.38. The van der Waals surface area contributed by atoms with Crippen LogP contribution in [0.3, 0.4) is 0 Å². The third kappa shape index (κ3) is 4.84. The van der Waals surface area contributed by atoms with Gasteiger partial charge in [0.2, 0.25) is 5.91 Å². The minimum atomic E-state index is -0.0130. The SMILES string of the molecule is CCN(CCc1ccncc1)C(=O)/C=C\c1ccc(OC)c(N)c1. The lowest BCUT2D eigenvalue weighted by Gasteiger charge is -2.19. The number of benzene rings is 1. The van der Waals surface area contributed by atoms with Crippen molar-refractivity contribution in [3.05, 3.63) is 59.9 Å². The highest BCUT2D eigenvalue weighted by Gasteiger charge is 2.08. The summed E-state index contributed by atoms with van der Waals surface area (Å²) >= 11 is 0. The normalized spacial score (nSPS) is 10.8. The largest absolute Gasteiger partial charge is 0.495 e. The van der Waals surface area contributed by atoms with Gasteiger partial charge in [-0.1, -0.05) is 6.07 Å². The molecule has 0 aliphatic rings. The molecule has 0 atom stereocenters. The molecule has 0 radical (unpaired) electrons. The third-order valence-electron chi connectivity index (χ3n) is 3.79.